The number of carbonyl (C=O) groups is 1. The van der Waals surface area contributed by atoms with E-state index in [1.807, 2.05) is 44.2 Å². The first-order valence-corrected chi connectivity index (χ1v) is 10.7. The van der Waals surface area contributed by atoms with Gasteiger partial charge < -0.3 is 5.32 Å². The first-order chi connectivity index (χ1) is 14.5. The summed E-state index contributed by atoms with van der Waals surface area (Å²) in [4.78, 5) is 44.0. The number of carbonyl (C=O) groups excluding carboxylic acids is 1. The van der Waals surface area contributed by atoms with Crippen LogP contribution in [-0.4, -0.2) is 20.0 Å². The maximum atomic E-state index is 13.2. The number of amides is 1. The third-order valence-corrected chi connectivity index (χ3v) is 6.12. The van der Waals surface area contributed by atoms with Crippen LogP contribution in [0.5, 0.6) is 0 Å². The zero-order valence-corrected chi connectivity index (χ0v) is 17.7. The van der Waals surface area contributed by atoms with Crippen molar-refractivity contribution < 1.29 is 4.79 Å². The molecule has 0 aliphatic carbocycles. The van der Waals surface area contributed by atoms with Gasteiger partial charge in [-0.1, -0.05) is 32.0 Å². The van der Waals surface area contributed by atoms with Crippen molar-refractivity contribution in [1.82, 2.24) is 14.1 Å². The molecule has 0 spiro atoms. The molecule has 4 rings (SSSR count). The standard InChI is InChI=1S/C22H22N4O3S/c1-3-12-25-21(28)19-18(15-9-7-11-23-20(15)30-19)26(22(25)29)13-17(27)24-16-10-6-5-8-14(16)4-2/h5-11H,3-4,12-13H2,1-2H3,(H,24,27). The van der Waals surface area contributed by atoms with Gasteiger partial charge in [-0.3, -0.25) is 18.7 Å². The molecule has 1 aromatic carbocycles. The van der Waals surface area contributed by atoms with Crippen LogP contribution in [0.2, 0.25) is 0 Å². The van der Waals surface area contributed by atoms with Gasteiger partial charge in [-0.2, -0.15) is 0 Å². The van der Waals surface area contributed by atoms with E-state index in [2.05, 4.69) is 10.3 Å². The molecule has 154 valence electrons. The Morgan fingerprint density at radius 1 is 1.10 bits per heavy atom. The van der Waals surface area contributed by atoms with Crippen molar-refractivity contribution in [3.8, 4) is 0 Å². The molecule has 8 heteroatoms. The molecule has 3 aromatic heterocycles. The van der Waals surface area contributed by atoms with Crippen LogP contribution in [-0.2, 0) is 24.3 Å². The molecule has 4 aromatic rings. The number of nitrogens with one attached hydrogen (secondary N) is 1. The Balaban J connectivity index is 1.85. The third-order valence-electron chi connectivity index (χ3n) is 5.03. The Bertz CT molecular complexity index is 1370. The summed E-state index contributed by atoms with van der Waals surface area (Å²) in [7, 11) is 0. The third kappa shape index (κ3) is 3.43. The van der Waals surface area contributed by atoms with Crippen LogP contribution in [0.25, 0.3) is 20.4 Å². The monoisotopic (exact) mass is 422 g/mol. The highest BCUT2D eigenvalue weighted by atomic mass is 32.1. The predicted octanol–water partition coefficient (Wildman–Crippen LogP) is 3.38. The molecule has 0 radical (unpaired) electrons. The molecular weight excluding hydrogens is 400 g/mol. The molecule has 0 fully saturated rings. The van der Waals surface area contributed by atoms with Gasteiger partial charge in [0.2, 0.25) is 5.91 Å². The highest BCUT2D eigenvalue weighted by molar-refractivity contribution is 7.25. The van der Waals surface area contributed by atoms with Crippen molar-refractivity contribution in [2.24, 2.45) is 0 Å². The number of aromatic nitrogens is 3. The Labute approximate surface area is 176 Å². The second-order valence-electron chi connectivity index (χ2n) is 7.02. The molecule has 0 atom stereocenters. The lowest BCUT2D eigenvalue weighted by Gasteiger charge is -2.13. The average molecular weight is 423 g/mol. The van der Waals surface area contributed by atoms with E-state index in [9.17, 15) is 14.4 Å². The van der Waals surface area contributed by atoms with E-state index in [1.54, 1.807) is 12.3 Å². The molecule has 1 N–H and O–H groups in total. The van der Waals surface area contributed by atoms with Crippen molar-refractivity contribution in [2.45, 2.75) is 39.8 Å². The highest BCUT2D eigenvalue weighted by Gasteiger charge is 2.20. The van der Waals surface area contributed by atoms with Crippen molar-refractivity contribution in [1.29, 1.82) is 0 Å². The van der Waals surface area contributed by atoms with Crippen LogP contribution in [0.3, 0.4) is 0 Å². The molecule has 0 saturated heterocycles. The summed E-state index contributed by atoms with van der Waals surface area (Å²) < 4.78 is 3.06. The average Bonchev–Trinajstić information content (AvgIpc) is 3.14. The minimum absolute atomic E-state index is 0.182. The number of hydrogen-bond acceptors (Lipinski definition) is 5. The summed E-state index contributed by atoms with van der Waals surface area (Å²) in [6.07, 6.45) is 3.07. The summed E-state index contributed by atoms with van der Waals surface area (Å²) >= 11 is 1.25. The number of fused-ring (bicyclic) bond motifs is 3. The molecule has 0 unspecified atom stereocenters. The zero-order valence-electron chi connectivity index (χ0n) is 16.8. The van der Waals surface area contributed by atoms with Crippen LogP contribution in [0.15, 0.2) is 52.2 Å². The number of thiophene rings is 1. The summed E-state index contributed by atoms with van der Waals surface area (Å²) in [5.74, 6) is -0.316. The molecular formula is C22H22N4O3S. The fourth-order valence-corrected chi connectivity index (χ4v) is 4.73. The SMILES string of the molecule is CCCn1c(=O)c2sc3ncccc3c2n(CC(=O)Nc2ccccc2CC)c1=O. The molecule has 30 heavy (non-hydrogen) atoms. The van der Waals surface area contributed by atoms with E-state index in [1.165, 1.54) is 20.5 Å². The number of pyridine rings is 1. The van der Waals surface area contributed by atoms with Gasteiger partial charge >= 0.3 is 5.69 Å². The Hall–Kier alpha value is -3.26. The van der Waals surface area contributed by atoms with Crippen LogP contribution in [0.1, 0.15) is 25.8 Å². The van der Waals surface area contributed by atoms with E-state index in [0.717, 1.165) is 17.7 Å². The molecule has 1 amide bonds. The lowest BCUT2D eigenvalue weighted by molar-refractivity contribution is -0.116. The summed E-state index contributed by atoms with van der Waals surface area (Å²) in [5.41, 5.74) is 1.42. The predicted molar refractivity (Wildman–Crippen MR) is 120 cm³/mol. The van der Waals surface area contributed by atoms with Crippen LogP contribution < -0.4 is 16.6 Å². The second-order valence-corrected chi connectivity index (χ2v) is 8.02. The van der Waals surface area contributed by atoms with E-state index in [4.69, 9.17) is 0 Å². The first-order valence-electron chi connectivity index (χ1n) is 9.93. The van der Waals surface area contributed by atoms with Gasteiger partial charge in [-0.15, -0.1) is 11.3 Å². The van der Waals surface area contributed by atoms with Crippen LogP contribution in [0.4, 0.5) is 5.69 Å². The number of rotatable bonds is 6. The second kappa shape index (κ2) is 8.23. The van der Waals surface area contributed by atoms with Crippen molar-refractivity contribution in [2.75, 3.05) is 5.32 Å². The maximum absolute atomic E-state index is 13.2. The van der Waals surface area contributed by atoms with Crippen molar-refractivity contribution in [3.05, 3.63) is 69.0 Å². The number of nitrogens with zero attached hydrogens (tertiary/aromatic N) is 3. The molecule has 7 nitrogen and oxygen atoms in total. The number of aryl methyl sites for hydroxylation is 1. The number of para-hydroxylation sites is 1. The quantitative estimate of drug-likeness (QED) is 0.516. The summed E-state index contributed by atoms with van der Waals surface area (Å²) in [6.45, 7) is 4.04. The van der Waals surface area contributed by atoms with Gasteiger partial charge in [0, 0.05) is 23.8 Å². The van der Waals surface area contributed by atoms with Gasteiger partial charge in [0.25, 0.3) is 5.56 Å². The van der Waals surface area contributed by atoms with Gasteiger partial charge in [0.05, 0.1) is 5.52 Å². The summed E-state index contributed by atoms with van der Waals surface area (Å²) in [6, 6.07) is 11.2. The van der Waals surface area contributed by atoms with Gasteiger partial charge in [0.1, 0.15) is 16.1 Å². The Morgan fingerprint density at radius 3 is 2.67 bits per heavy atom. The number of benzene rings is 1. The number of hydrogen-bond donors (Lipinski definition) is 1. The lowest BCUT2D eigenvalue weighted by atomic mass is 10.1. The van der Waals surface area contributed by atoms with Crippen molar-refractivity contribution in [3.63, 3.8) is 0 Å². The van der Waals surface area contributed by atoms with Gasteiger partial charge in [-0.05, 0) is 36.6 Å². The lowest BCUT2D eigenvalue weighted by Crippen LogP contribution is -2.41. The normalized spacial score (nSPS) is 11.3. The van der Waals surface area contributed by atoms with Crippen LogP contribution >= 0.6 is 11.3 Å². The minimum Gasteiger partial charge on any atom is -0.324 e. The van der Waals surface area contributed by atoms with E-state index in [0.29, 0.717) is 33.4 Å². The van der Waals surface area contributed by atoms with E-state index < -0.39 is 5.69 Å². The molecule has 0 aliphatic heterocycles. The van der Waals surface area contributed by atoms with Crippen LogP contribution in [0, 0.1) is 0 Å². The van der Waals surface area contributed by atoms with Gasteiger partial charge in [-0.25, -0.2) is 9.78 Å². The summed E-state index contributed by atoms with van der Waals surface area (Å²) in [5, 5.41) is 3.62. The largest absolute Gasteiger partial charge is 0.332 e. The topological polar surface area (TPSA) is 86.0 Å². The Morgan fingerprint density at radius 2 is 1.90 bits per heavy atom. The van der Waals surface area contributed by atoms with Crippen molar-refractivity contribution >= 4 is 43.4 Å². The molecule has 3 heterocycles. The molecule has 0 aliphatic rings. The Kier molecular flexibility index (Phi) is 5.50. The maximum Gasteiger partial charge on any atom is 0.332 e. The molecule has 0 bridgehead atoms. The fraction of sp³-hybridized carbons (Fsp3) is 0.273. The first kappa shape index (κ1) is 20.0. The zero-order chi connectivity index (χ0) is 21.3. The fourth-order valence-electron chi connectivity index (χ4n) is 3.63. The van der Waals surface area contributed by atoms with E-state index in [-0.39, 0.29) is 18.0 Å². The smallest absolute Gasteiger partial charge is 0.324 e. The van der Waals surface area contributed by atoms with Gasteiger partial charge in [0.15, 0.2) is 0 Å². The van der Waals surface area contributed by atoms with E-state index >= 15 is 0 Å². The molecule has 0 saturated carbocycles. The minimum atomic E-state index is -0.475. The highest BCUT2D eigenvalue weighted by Crippen LogP contribution is 2.29. The number of anilines is 1.